The van der Waals surface area contributed by atoms with Crippen LogP contribution >= 0.6 is 0 Å². The summed E-state index contributed by atoms with van der Waals surface area (Å²) in [6.45, 7) is 5.66. The van der Waals surface area contributed by atoms with Gasteiger partial charge in [-0.05, 0) is 56.4 Å². The number of methoxy groups -OCH3 is 4. The second-order valence-corrected chi connectivity index (χ2v) is 9.98. The summed E-state index contributed by atoms with van der Waals surface area (Å²) in [5.74, 6) is 0.532. The molecule has 1 unspecified atom stereocenters. The Morgan fingerprint density at radius 1 is 0.949 bits per heavy atom. The van der Waals surface area contributed by atoms with E-state index in [1.165, 1.54) is 0 Å². The Balaban J connectivity index is 1.82. The molecular formula is C31H37NO7. The highest BCUT2D eigenvalue weighted by molar-refractivity contribution is 6.09. The lowest BCUT2D eigenvalue weighted by Gasteiger charge is -2.37. The van der Waals surface area contributed by atoms with Crippen LogP contribution in [0.3, 0.4) is 0 Å². The Morgan fingerprint density at radius 2 is 1.67 bits per heavy atom. The predicted molar refractivity (Wildman–Crippen MR) is 148 cm³/mol. The molecule has 8 heteroatoms. The van der Waals surface area contributed by atoms with E-state index in [9.17, 15) is 9.59 Å². The number of hydrogen-bond donors (Lipinski definition) is 0. The summed E-state index contributed by atoms with van der Waals surface area (Å²) in [6.07, 6.45) is 1.27. The molecule has 0 fully saturated rings. The molecule has 1 heterocycles. The van der Waals surface area contributed by atoms with Crippen molar-refractivity contribution < 1.29 is 33.3 Å². The molecule has 39 heavy (non-hydrogen) atoms. The molecule has 1 aliphatic carbocycles. The summed E-state index contributed by atoms with van der Waals surface area (Å²) in [6, 6.07) is 11.2. The lowest BCUT2D eigenvalue weighted by atomic mass is 9.69. The molecular weight excluding hydrogens is 498 g/mol. The molecule has 8 nitrogen and oxygen atoms in total. The number of aliphatic imine (C=N–C) groups is 1. The molecule has 208 valence electrons. The smallest absolute Gasteiger partial charge is 0.315 e. The van der Waals surface area contributed by atoms with Crippen LogP contribution in [-0.4, -0.2) is 52.0 Å². The van der Waals surface area contributed by atoms with E-state index in [1.807, 2.05) is 51.1 Å². The van der Waals surface area contributed by atoms with Gasteiger partial charge < -0.3 is 23.7 Å². The second kappa shape index (κ2) is 11.9. The van der Waals surface area contributed by atoms with Crippen molar-refractivity contribution in [3.63, 3.8) is 0 Å². The SMILES string of the molecule is CC[C@H](C)OC(=O)C1C(C)=NC2=C(C(=O)C[C@H](c3ccc(OC)c(OC)c3)C2)[C@@H]1c1ccc(OC)cc1OC. The largest absolute Gasteiger partial charge is 0.497 e. The Kier molecular flexibility index (Phi) is 8.63. The van der Waals surface area contributed by atoms with E-state index in [0.717, 1.165) is 11.1 Å². The van der Waals surface area contributed by atoms with E-state index < -0.39 is 17.8 Å². The maximum Gasteiger partial charge on any atom is 0.315 e. The Labute approximate surface area is 230 Å². The van der Waals surface area contributed by atoms with Crippen molar-refractivity contribution in [2.45, 2.75) is 58.0 Å². The van der Waals surface area contributed by atoms with E-state index in [2.05, 4.69) is 0 Å². The number of Topliss-reactive ketones (excluding diaryl/α,β-unsaturated/α-hetero) is 1. The van der Waals surface area contributed by atoms with Crippen LogP contribution in [0.15, 0.2) is 52.7 Å². The molecule has 0 saturated carbocycles. The second-order valence-electron chi connectivity index (χ2n) is 9.98. The van der Waals surface area contributed by atoms with Gasteiger partial charge in [0.05, 0.1) is 34.5 Å². The lowest BCUT2D eigenvalue weighted by molar-refractivity contribution is -0.151. The number of allylic oxidation sites excluding steroid dienone is 2. The van der Waals surface area contributed by atoms with E-state index in [4.69, 9.17) is 28.7 Å². The number of carbonyl (C=O) groups excluding carboxylic acids is 2. The Bertz CT molecular complexity index is 1310. The zero-order valence-corrected chi connectivity index (χ0v) is 23.7. The van der Waals surface area contributed by atoms with Crippen LogP contribution < -0.4 is 18.9 Å². The van der Waals surface area contributed by atoms with Gasteiger partial charge in [-0.25, -0.2) is 0 Å². The van der Waals surface area contributed by atoms with E-state index in [0.29, 0.717) is 52.8 Å². The minimum absolute atomic E-state index is 0.0449. The van der Waals surface area contributed by atoms with Crippen molar-refractivity contribution >= 4 is 17.5 Å². The normalized spacial score (nSPS) is 21.5. The third-order valence-electron chi connectivity index (χ3n) is 7.69. The van der Waals surface area contributed by atoms with Gasteiger partial charge in [-0.2, -0.15) is 0 Å². The molecule has 0 radical (unpaired) electrons. The highest BCUT2D eigenvalue weighted by Gasteiger charge is 2.46. The molecule has 2 aromatic carbocycles. The average molecular weight is 536 g/mol. The van der Waals surface area contributed by atoms with Gasteiger partial charge in [0, 0.05) is 41.0 Å². The molecule has 0 bridgehead atoms. The van der Waals surface area contributed by atoms with Gasteiger partial charge in [-0.1, -0.05) is 19.1 Å². The van der Waals surface area contributed by atoms with Crippen molar-refractivity contribution in [2.75, 3.05) is 28.4 Å². The summed E-state index contributed by atoms with van der Waals surface area (Å²) >= 11 is 0. The van der Waals surface area contributed by atoms with Gasteiger partial charge in [-0.3, -0.25) is 14.6 Å². The highest BCUT2D eigenvalue weighted by Crippen LogP contribution is 2.49. The monoisotopic (exact) mass is 535 g/mol. The van der Waals surface area contributed by atoms with E-state index in [1.54, 1.807) is 34.5 Å². The number of ether oxygens (including phenoxy) is 5. The summed E-state index contributed by atoms with van der Waals surface area (Å²) in [5, 5.41) is 0. The number of benzene rings is 2. The fraction of sp³-hybridized carbons (Fsp3) is 0.452. The highest BCUT2D eigenvalue weighted by atomic mass is 16.5. The van der Waals surface area contributed by atoms with Gasteiger partial charge in [0.25, 0.3) is 0 Å². The number of esters is 1. The third kappa shape index (κ3) is 5.51. The molecule has 0 saturated heterocycles. The van der Waals surface area contributed by atoms with Crippen LogP contribution in [-0.2, 0) is 14.3 Å². The molecule has 0 N–H and O–H groups in total. The van der Waals surface area contributed by atoms with Crippen LogP contribution in [0.5, 0.6) is 23.0 Å². The minimum atomic E-state index is -0.748. The molecule has 4 rings (SSSR count). The van der Waals surface area contributed by atoms with Crippen molar-refractivity contribution in [2.24, 2.45) is 10.9 Å². The summed E-state index contributed by atoms with van der Waals surface area (Å²) < 4.78 is 27.8. The first-order valence-electron chi connectivity index (χ1n) is 13.2. The van der Waals surface area contributed by atoms with Crippen molar-refractivity contribution in [3.8, 4) is 23.0 Å². The topological polar surface area (TPSA) is 92.7 Å². The first-order chi connectivity index (χ1) is 18.8. The van der Waals surface area contributed by atoms with Crippen molar-refractivity contribution in [3.05, 3.63) is 58.8 Å². The number of rotatable bonds is 9. The molecule has 1 aliphatic heterocycles. The van der Waals surface area contributed by atoms with Crippen LogP contribution in [0.2, 0.25) is 0 Å². The molecule has 2 aromatic rings. The lowest BCUT2D eigenvalue weighted by Crippen LogP contribution is -2.39. The van der Waals surface area contributed by atoms with Gasteiger partial charge >= 0.3 is 5.97 Å². The summed E-state index contributed by atoms with van der Waals surface area (Å²) in [5.41, 5.74) is 3.55. The number of carbonyl (C=O) groups is 2. The van der Waals surface area contributed by atoms with E-state index >= 15 is 0 Å². The number of nitrogens with zero attached hydrogens (tertiary/aromatic N) is 1. The zero-order chi connectivity index (χ0) is 28.3. The van der Waals surface area contributed by atoms with Gasteiger partial charge in [-0.15, -0.1) is 0 Å². The van der Waals surface area contributed by atoms with E-state index in [-0.39, 0.29) is 24.2 Å². The molecule has 2 aliphatic rings. The molecule has 4 atom stereocenters. The first kappa shape index (κ1) is 28.2. The Morgan fingerprint density at radius 3 is 2.31 bits per heavy atom. The van der Waals surface area contributed by atoms with Crippen LogP contribution in [0.1, 0.15) is 63.0 Å². The number of hydrogen-bond acceptors (Lipinski definition) is 8. The fourth-order valence-electron chi connectivity index (χ4n) is 5.47. The maximum absolute atomic E-state index is 13.9. The fourth-order valence-corrected chi connectivity index (χ4v) is 5.47. The first-order valence-corrected chi connectivity index (χ1v) is 13.2. The zero-order valence-electron chi connectivity index (χ0n) is 23.7. The predicted octanol–water partition coefficient (Wildman–Crippen LogP) is 5.64. The van der Waals surface area contributed by atoms with Crippen molar-refractivity contribution in [1.82, 2.24) is 0 Å². The van der Waals surface area contributed by atoms with Crippen LogP contribution in [0, 0.1) is 5.92 Å². The third-order valence-corrected chi connectivity index (χ3v) is 7.69. The summed E-state index contributed by atoms with van der Waals surface area (Å²) in [4.78, 5) is 32.4. The minimum Gasteiger partial charge on any atom is -0.497 e. The molecule has 0 amide bonds. The van der Waals surface area contributed by atoms with Crippen LogP contribution in [0.25, 0.3) is 0 Å². The summed E-state index contributed by atoms with van der Waals surface area (Å²) in [7, 11) is 6.33. The van der Waals surface area contributed by atoms with Crippen LogP contribution in [0.4, 0.5) is 0 Å². The van der Waals surface area contributed by atoms with Gasteiger partial charge in [0.2, 0.25) is 0 Å². The molecule has 0 aromatic heterocycles. The average Bonchev–Trinajstić information content (AvgIpc) is 2.95. The molecule has 0 spiro atoms. The quantitative estimate of drug-likeness (QED) is 0.384. The van der Waals surface area contributed by atoms with Crippen molar-refractivity contribution in [1.29, 1.82) is 0 Å². The Hall–Kier alpha value is -3.81. The van der Waals surface area contributed by atoms with Gasteiger partial charge in [0.1, 0.15) is 17.4 Å². The van der Waals surface area contributed by atoms with Gasteiger partial charge in [0.15, 0.2) is 17.3 Å². The maximum atomic E-state index is 13.9. The number of ketones is 1. The standard InChI is InChI=1S/C31H37NO7/c1-8-17(2)39-31(34)28-18(3)32-23-13-20(19-9-12-25(36-5)27(15-19)38-7)14-24(33)30(23)29(28)22-11-10-21(35-4)16-26(22)37-6/h9-12,15-17,20,28-29H,8,13-14H2,1-7H3/t17-,20+,28?,29+/m0/s1.